The molecule has 16 heavy (non-hydrogen) atoms. The molecule has 1 aromatic rings. The largest absolute Gasteiger partial charge is 0.411 e. The lowest BCUT2D eigenvalue weighted by atomic mass is 10.1. The van der Waals surface area contributed by atoms with Crippen molar-refractivity contribution >= 4 is 11.3 Å². The normalized spacial score (nSPS) is 16.1. The van der Waals surface area contributed by atoms with Gasteiger partial charge in [0, 0.05) is 10.9 Å². The molecule has 0 amide bonds. The molecule has 0 spiro atoms. The van der Waals surface area contributed by atoms with E-state index in [-0.39, 0.29) is 0 Å². The summed E-state index contributed by atoms with van der Waals surface area (Å²) in [6.45, 7) is 2.20. The maximum atomic E-state index is 12.1. The summed E-state index contributed by atoms with van der Waals surface area (Å²) < 4.78 is 41.0. The molecule has 1 aromatic heterocycles. The fourth-order valence-corrected chi connectivity index (χ4v) is 2.42. The molecule has 2 nitrogen and oxygen atoms in total. The van der Waals surface area contributed by atoms with Crippen molar-refractivity contribution in [1.82, 2.24) is 0 Å². The van der Waals surface area contributed by atoms with Gasteiger partial charge < -0.3 is 10.5 Å². The lowest BCUT2D eigenvalue weighted by Crippen LogP contribution is -2.30. The Morgan fingerprint density at radius 3 is 2.50 bits per heavy atom. The molecule has 0 fully saturated rings. The molecule has 2 unspecified atom stereocenters. The van der Waals surface area contributed by atoms with E-state index in [1.165, 1.54) is 11.3 Å². The highest BCUT2D eigenvalue weighted by atomic mass is 32.1. The van der Waals surface area contributed by atoms with Gasteiger partial charge in [-0.3, -0.25) is 0 Å². The quantitative estimate of drug-likeness (QED) is 0.895. The monoisotopic (exact) mass is 253 g/mol. The summed E-state index contributed by atoms with van der Waals surface area (Å²) in [5.74, 6) is 0. The second kappa shape index (κ2) is 5.16. The van der Waals surface area contributed by atoms with Gasteiger partial charge in [0.25, 0.3) is 0 Å². The number of halogens is 3. The molecular weight excluding hydrogens is 239 g/mol. The van der Waals surface area contributed by atoms with Crippen molar-refractivity contribution < 1.29 is 17.9 Å². The van der Waals surface area contributed by atoms with E-state index in [0.717, 1.165) is 10.4 Å². The Kier molecular flexibility index (Phi) is 4.35. The maximum absolute atomic E-state index is 12.1. The van der Waals surface area contributed by atoms with E-state index in [1.54, 1.807) is 6.92 Å². The summed E-state index contributed by atoms with van der Waals surface area (Å²) in [6, 6.07) is 1.37. The van der Waals surface area contributed by atoms with Gasteiger partial charge in [-0.2, -0.15) is 13.2 Å². The number of thiophene rings is 1. The Morgan fingerprint density at radius 2 is 2.12 bits per heavy atom. The van der Waals surface area contributed by atoms with E-state index in [2.05, 4.69) is 0 Å². The summed E-state index contributed by atoms with van der Waals surface area (Å²) in [5.41, 5.74) is 6.55. The van der Waals surface area contributed by atoms with Crippen LogP contribution in [-0.2, 0) is 4.74 Å². The molecule has 2 atom stereocenters. The molecule has 0 bridgehead atoms. The number of aryl methyl sites for hydroxylation is 1. The molecule has 0 aliphatic heterocycles. The van der Waals surface area contributed by atoms with E-state index >= 15 is 0 Å². The van der Waals surface area contributed by atoms with Gasteiger partial charge in [0.2, 0.25) is 0 Å². The van der Waals surface area contributed by atoms with Gasteiger partial charge in [0.15, 0.2) is 0 Å². The first kappa shape index (κ1) is 13.5. The molecule has 6 heteroatoms. The molecular formula is C10H14F3NOS. The number of nitrogens with two attached hydrogens (primary N) is 1. The van der Waals surface area contributed by atoms with Gasteiger partial charge in [-0.25, -0.2) is 0 Å². The lowest BCUT2D eigenvalue weighted by molar-refractivity contribution is -0.187. The fourth-order valence-electron chi connectivity index (χ4n) is 1.33. The predicted octanol–water partition coefficient (Wildman–Crippen LogP) is 3.02. The van der Waals surface area contributed by atoms with Crippen molar-refractivity contribution in [3.8, 4) is 0 Å². The van der Waals surface area contributed by atoms with E-state index in [4.69, 9.17) is 10.5 Å². The molecule has 0 aromatic carbocycles. The SMILES string of the molecule is Cc1ccsc1C(OCC(F)(F)F)C(C)N. The molecule has 0 aliphatic rings. The van der Waals surface area contributed by atoms with Crippen molar-refractivity contribution in [3.05, 3.63) is 21.9 Å². The summed E-state index contributed by atoms with van der Waals surface area (Å²) >= 11 is 1.36. The maximum Gasteiger partial charge on any atom is 0.411 e. The zero-order valence-electron chi connectivity index (χ0n) is 9.04. The van der Waals surface area contributed by atoms with Crippen LogP contribution in [0.2, 0.25) is 0 Å². The Hall–Kier alpha value is -0.590. The summed E-state index contributed by atoms with van der Waals surface area (Å²) in [6.07, 6.45) is -5.01. The second-order valence-electron chi connectivity index (χ2n) is 3.67. The zero-order chi connectivity index (χ0) is 12.3. The first-order valence-corrected chi connectivity index (χ1v) is 5.67. The minimum absolute atomic E-state index is 0.473. The van der Waals surface area contributed by atoms with E-state index in [0.29, 0.717) is 0 Å². The van der Waals surface area contributed by atoms with Crippen molar-refractivity contribution in [2.75, 3.05) is 6.61 Å². The van der Waals surface area contributed by atoms with Gasteiger partial charge in [0.1, 0.15) is 12.7 Å². The van der Waals surface area contributed by atoms with Gasteiger partial charge >= 0.3 is 6.18 Å². The van der Waals surface area contributed by atoms with Crippen LogP contribution in [0.15, 0.2) is 11.4 Å². The fraction of sp³-hybridized carbons (Fsp3) is 0.600. The Morgan fingerprint density at radius 1 is 1.50 bits per heavy atom. The minimum Gasteiger partial charge on any atom is -0.362 e. The zero-order valence-corrected chi connectivity index (χ0v) is 9.86. The van der Waals surface area contributed by atoms with Crippen LogP contribution in [0.3, 0.4) is 0 Å². The third-order valence-electron chi connectivity index (χ3n) is 2.06. The third-order valence-corrected chi connectivity index (χ3v) is 3.14. The first-order chi connectivity index (χ1) is 7.31. The van der Waals surface area contributed by atoms with Gasteiger partial charge in [-0.1, -0.05) is 0 Å². The number of hydrogen-bond donors (Lipinski definition) is 1. The highest BCUT2D eigenvalue weighted by Gasteiger charge is 2.31. The van der Waals surface area contributed by atoms with E-state index in [1.807, 2.05) is 18.4 Å². The molecule has 0 radical (unpaired) electrons. The van der Waals surface area contributed by atoms with E-state index in [9.17, 15) is 13.2 Å². The molecule has 1 rings (SSSR count). The number of ether oxygens (including phenoxy) is 1. The van der Waals surface area contributed by atoms with Crippen molar-refractivity contribution in [2.24, 2.45) is 5.73 Å². The average molecular weight is 253 g/mol. The van der Waals surface area contributed by atoms with Crippen LogP contribution >= 0.6 is 11.3 Å². The van der Waals surface area contributed by atoms with Crippen LogP contribution in [0.4, 0.5) is 13.2 Å². The predicted molar refractivity (Wildman–Crippen MR) is 57.5 cm³/mol. The molecule has 2 N–H and O–H groups in total. The van der Waals surface area contributed by atoms with Crippen LogP contribution in [0.5, 0.6) is 0 Å². The van der Waals surface area contributed by atoms with Gasteiger partial charge in [0.05, 0.1) is 0 Å². The van der Waals surface area contributed by atoms with Crippen LogP contribution in [0.25, 0.3) is 0 Å². The Bertz CT molecular complexity index is 335. The lowest BCUT2D eigenvalue weighted by Gasteiger charge is -2.22. The average Bonchev–Trinajstić information content (AvgIpc) is 2.50. The van der Waals surface area contributed by atoms with Crippen molar-refractivity contribution in [3.63, 3.8) is 0 Å². The third kappa shape index (κ3) is 3.77. The molecule has 0 aliphatic carbocycles. The Balaban J connectivity index is 2.74. The van der Waals surface area contributed by atoms with Crippen molar-refractivity contribution in [1.29, 1.82) is 0 Å². The highest BCUT2D eigenvalue weighted by Crippen LogP contribution is 2.30. The number of hydrogen-bond acceptors (Lipinski definition) is 3. The molecule has 0 saturated carbocycles. The molecule has 0 saturated heterocycles. The Labute approximate surface area is 96.2 Å². The number of rotatable bonds is 4. The molecule has 1 heterocycles. The van der Waals surface area contributed by atoms with E-state index < -0.39 is 24.9 Å². The van der Waals surface area contributed by atoms with Crippen LogP contribution < -0.4 is 5.73 Å². The summed E-state index contributed by atoms with van der Waals surface area (Å²) in [5, 5.41) is 1.82. The van der Waals surface area contributed by atoms with Crippen molar-refractivity contribution in [2.45, 2.75) is 32.2 Å². The number of alkyl halides is 3. The second-order valence-corrected chi connectivity index (χ2v) is 4.62. The highest BCUT2D eigenvalue weighted by molar-refractivity contribution is 7.10. The van der Waals surface area contributed by atoms with Crippen LogP contribution in [0.1, 0.15) is 23.5 Å². The van der Waals surface area contributed by atoms with Crippen LogP contribution in [-0.4, -0.2) is 18.8 Å². The standard InChI is InChI=1S/C10H14F3NOS/c1-6-3-4-16-9(6)8(7(2)14)15-5-10(11,12)13/h3-4,7-8H,5,14H2,1-2H3. The smallest absolute Gasteiger partial charge is 0.362 e. The summed E-state index contributed by atoms with van der Waals surface area (Å²) in [7, 11) is 0. The van der Waals surface area contributed by atoms with Crippen LogP contribution in [0, 0.1) is 6.92 Å². The first-order valence-electron chi connectivity index (χ1n) is 4.79. The summed E-state index contributed by atoms with van der Waals surface area (Å²) in [4.78, 5) is 0.763. The molecule has 92 valence electrons. The topological polar surface area (TPSA) is 35.2 Å². The minimum atomic E-state index is -4.32. The van der Waals surface area contributed by atoms with Gasteiger partial charge in [-0.05, 0) is 30.9 Å². The van der Waals surface area contributed by atoms with Gasteiger partial charge in [-0.15, -0.1) is 11.3 Å².